The van der Waals surface area contributed by atoms with E-state index in [0.29, 0.717) is 12.2 Å². The van der Waals surface area contributed by atoms with Gasteiger partial charge in [-0.15, -0.1) is 0 Å². The van der Waals surface area contributed by atoms with Gasteiger partial charge in [0.25, 0.3) is 0 Å². The van der Waals surface area contributed by atoms with Crippen LogP contribution in [-0.2, 0) is 6.42 Å². The third kappa shape index (κ3) is 3.88. The van der Waals surface area contributed by atoms with E-state index in [-0.39, 0.29) is 5.78 Å². The molecule has 0 saturated heterocycles. The molecule has 0 aliphatic rings. The van der Waals surface area contributed by atoms with E-state index in [9.17, 15) is 4.79 Å². The van der Waals surface area contributed by atoms with Crippen molar-refractivity contribution in [3.05, 3.63) is 29.3 Å². The van der Waals surface area contributed by atoms with Gasteiger partial charge in [0.15, 0.2) is 5.78 Å². The molecule has 0 atom stereocenters. The molecule has 0 aliphatic carbocycles. The number of carbonyl (C=O) groups excluding carboxylic acids is 1. The molecule has 0 radical (unpaired) electrons. The fourth-order valence-electron chi connectivity index (χ4n) is 1.90. The number of rotatable bonds is 7. The zero-order valence-electron chi connectivity index (χ0n) is 11.1. The van der Waals surface area contributed by atoms with E-state index in [1.165, 1.54) is 24.8 Å². The lowest BCUT2D eigenvalue weighted by Gasteiger charge is -2.09. The summed E-state index contributed by atoms with van der Waals surface area (Å²) in [5, 5.41) is 0. The van der Waals surface area contributed by atoms with E-state index in [0.717, 1.165) is 12.0 Å². The largest absolute Gasteiger partial charge is 0.496 e. The molecule has 0 fully saturated rings. The number of Topliss-reactive ketones (excluding diaryl/α,β-unsaturated/α-hetero) is 1. The van der Waals surface area contributed by atoms with Crippen LogP contribution in [0.2, 0.25) is 0 Å². The van der Waals surface area contributed by atoms with Crippen LogP contribution in [0.3, 0.4) is 0 Å². The molecule has 1 rings (SSSR count). The predicted molar refractivity (Wildman–Crippen MR) is 70.8 cm³/mol. The number of hydrogen-bond acceptors (Lipinski definition) is 2. The fourth-order valence-corrected chi connectivity index (χ4v) is 1.90. The molecule has 0 bridgehead atoms. The maximum atomic E-state index is 11.8. The second-order valence-electron chi connectivity index (χ2n) is 4.27. The molecular formula is C15H22O2. The summed E-state index contributed by atoms with van der Waals surface area (Å²) in [6, 6.07) is 5.95. The summed E-state index contributed by atoms with van der Waals surface area (Å²) in [6.45, 7) is 4.07. The number of aryl methyl sites for hydroxylation is 1. The third-order valence-corrected chi connectivity index (χ3v) is 2.95. The lowest BCUT2D eigenvalue weighted by Crippen LogP contribution is -2.02. The highest BCUT2D eigenvalue weighted by Gasteiger charge is 2.10. The summed E-state index contributed by atoms with van der Waals surface area (Å²) < 4.78 is 5.23. The Kier molecular flexibility index (Phi) is 5.75. The minimum atomic E-state index is 0.152. The van der Waals surface area contributed by atoms with E-state index in [1.807, 2.05) is 19.1 Å². The van der Waals surface area contributed by atoms with Gasteiger partial charge >= 0.3 is 0 Å². The Balaban J connectivity index is 2.85. The zero-order valence-corrected chi connectivity index (χ0v) is 11.1. The molecule has 0 aromatic heterocycles. The minimum absolute atomic E-state index is 0.152. The SMILES string of the molecule is CCCCCc1ccc(OC)c(C(=O)CC)c1. The highest BCUT2D eigenvalue weighted by Crippen LogP contribution is 2.22. The lowest BCUT2D eigenvalue weighted by atomic mass is 10.0. The van der Waals surface area contributed by atoms with Crippen LogP contribution in [0.25, 0.3) is 0 Å². The number of unbranched alkanes of at least 4 members (excludes halogenated alkanes) is 2. The van der Waals surface area contributed by atoms with Gasteiger partial charge in [0.2, 0.25) is 0 Å². The highest BCUT2D eigenvalue weighted by atomic mass is 16.5. The Morgan fingerprint density at radius 3 is 2.59 bits per heavy atom. The van der Waals surface area contributed by atoms with Crippen LogP contribution in [-0.4, -0.2) is 12.9 Å². The molecule has 1 aromatic rings. The van der Waals surface area contributed by atoms with Crippen LogP contribution < -0.4 is 4.74 Å². The molecule has 0 aliphatic heterocycles. The Morgan fingerprint density at radius 2 is 2.00 bits per heavy atom. The van der Waals surface area contributed by atoms with Gasteiger partial charge in [0.1, 0.15) is 5.75 Å². The molecule has 0 unspecified atom stereocenters. The van der Waals surface area contributed by atoms with Crippen molar-refractivity contribution in [1.29, 1.82) is 0 Å². The number of benzene rings is 1. The molecular weight excluding hydrogens is 212 g/mol. The van der Waals surface area contributed by atoms with E-state index < -0.39 is 0 Å². The summed E-state index contributed by atoms with van der Waals surface area (Å²) >= 11 is 0. The molecule has 0 heterocycles. The Bertz CT molecular complexity index is 369. The van der Waals surface area contributed by atoms with Crippen molar-refractivity contribution in [3.63, 3.8) is 0 Å². The number of carbonyl (C=O) groups is 1. The molecule has 0 saturated carbocycles. The highest BCUT2D eigenvalue weighted by molar-refractivity contribution is 5.98. The number of ketones is 1. The van der Waals surface area contributed by atoms with Crippen molar-refractivity contribution in [1.82, 2.24) is 0 Å². The Hall–Kier alpha value is -1.31. The van der Waals surface area contributed by atoms with Gasteiger partial charge in [0.05, 0.1) is 12.7 Å². The van der Waals surface area contributed by atoms with E-state index in [2.05, 4.69) is 13.0 Å². The number of hydrogen-bond donors (Lipinski definition) is 0. The van der Waals surface area contributed by atoms with Crippen LogP contribution in [0.15, 0.2) is 18.2 Å². The number of methoxy groups -OCH3 is 1. The Morgan fingerprint density at radius 1 is 1.24 bits per heavy atom. The first-order valence-electron chi connectivity index (χ1n) is 6.43. The van der Waals surface area contributed by atoms with Crippen LogP contribution in [0.4, 0.5) is 0 Å². The average molecular weight is 234 g/mol. The third-order valence-electron chi connectivity index (χ3n) is 2.95. The first-order chi connectivity index (χ1) is 8.22. The second-order valence-corrected chi connectivity index (χ2v) is 4.27. The quantitative estimate of drug-likeness (QED) is 0.526. The van der Waals surface area contributed by atoms with Crippen LogP contribution >= 0.6 is 0 Å². The summed E-state index contributed by atoms with van der Waals surface area (Å²) in [7, 11) is 1.61. The van der Waals surface area contributed by atoms with Crippen molar-refractivity contribution >= 4 is 5.78 Å². The normalized spacial score (nSPS) is 10.3. The van der Waals surface area contributed by atoms with Gasteiger partial charge in [-0.05, 0) is 30.5 Å². The molecule has 94 valence electrons. The van der Waals surface area contributed by atoms with Crippen molar-refractivity contribution in [2.24, 2.45) is 0 Å². The van der Waals surface area contributed by atoms with Gasteiger partial charge in [-0.3, -0.25) is 4.79 Å². The maximum absolute atomic E-state index is 11.8. The molecule has 2 heteroatoms. The summed E-state index contributed by atoms with van der Waals surface area (Å²) in [4.78, 5) is 11.8. The van der Waals surface area contributed by atoms with Crippen molar-refractivity contribution in [2.75, 3.05) is 7.11 Å². The number of ether oxygens (including phenoxy) is 1. The minimum Gasteiger partial charge on any atom is -0.496 e. The van der Waals surface area contributed by atoms with Gasteiger partial charge in [-0.2, -0.15) is 0 Å². The van der Waals surface area contributed by atoms with E-state index >= 15 is 0 Å². The van der Waals surface area contributed by atoms with Crippen LogP contribution in [0.5, 0.6) is 5.75 Å². The molecule has 0 amide bonds. The second kappa shape index (κ2) is 7.10. The standard InChI is InChI=1S/C15H22O2/c1-4-6-7-8-12-9-10-15(17-3)13(11-12)14(16)5-2/h9-11H,4-8H2,1-3H3. The molecule has 2 nitrogen and oxygen atoms in total. The van der Waals surface area contributed by atoms with E-state index in [1.54, 1.807) is 7.11 Å². The van der Waals surface area contributed by atoms with Gasteiger partial charge in [-0.25, -0.2) is 0 Å². The van der Waals surface area contributed by atoms with E-state index in [4.69, 9.17) is 4.74 Å². The van der Waals surface area contributed by atoms with Gasteiger partial charge < -0.3 is 4.74 Å². The van der Waals surface area contributed by atoms with Crippen LogP contribution in [0, 0.1) is 0 Å². The predicted octanol–water partition coefficient (Wildman–Crippen LogP) is 4.02. The summed E-state index contributed by atoms with van der Waals surface area (Å²) in [6.07, 6.45) is 5.21. The van der Waals surface area contributed by atoms with Crippen molar-refractivity contribution in [2.45, 2.75) is 46.0 Å². The fraction of sp³-hybridized carbons (Fsp3) is 0.533. The molecule has 0 spiro atoms. The first-order valence-corrected chi connectivity index (χ1v) is 6.43. The molecule has 1 aromatic carbocycles. The maximum Gasteiger partial charge on any atom is 0.166 e. The lowest BCUT2D eigenvalue weighted by molar-refractivity contribution is 0.0985. The monoisotopic (exact) mass is 234 g/mol. The smallest absolute Gasteiger partial charge is 0.166 e. The van der Waals surface area contributed by atoms with Gasteiger partial charge in [0, 0.05) is 6.42 Å². The summed E-state index contributed by atoms with van der Waals surface area (Å²) in [5.74, 6) is 0.843. The topological polar surface area (TPSA) is 26.3 Å². The average Bonchev–Trinajstić information content (AvgIpc) is 2.38. The summed E-state index contributed by atoms with van der Waals surface area (Å²) in [5.41, 5.74) is 1.96. The van der Waals surface area contributed by atoms with Gasteiger partial charge in [-0.1, -0.05) is 32.8 Å². The molecule has 17 heavy (non-hydrogen) atoms. The Labute approximate surface area is 104 Å². The molecule has 0 N–H and O–H groups in total. The first kappa shape index (κ1) is 13.8. The van der Waals surface area contributed by atoms with Crippen molar-refractivity contribution in [3.8, 4) is 5.75 Å². The van der Waals surface area contributed by atoms with Crippen LogP contribution in [0.1, 0.15) is 55.5 Å². The van der Waals surface area contributed by atoms with Crippen molar-refractivity contribution < 1.29 is 9.53 Å². The zero-order chi connectivity index (χ0) is 12.7.